The molecule has 4 aromatic rings. The first-order valence-electron chi connectivity index (χ1n) is 12.7. The van der Waals surface area contributed by atoms with Crippen LogP contribution < -0.4 is 25.4 Å². The number of hydrogen-bond donors (Lipinski definition) is 3. The molecule has 0 fully saturated rings. The van der Waals surface area contributed by atoms with Crippen molar-refractivity contribution in [3.05, 3.63) is 119 Å². The minimum Gasteiger partial charge on any atom is -0.497 e. The number of carbonyl (C=O) groups is 3. The van der Waals surface area contributed by atoms with Crippen molar-refractivity contribution in [1.29, 1.82) is 0 Å². The first-order chi connectivity index (χ1) is 20.3. The fourth-order valence-corrected chi connectivity index (χ4v) is 4.67. The van der Waals surface area contributed by atoms with E-state index in [9.17, 15) is 14.4 Å². The van der Waals surface area contributed by atoms with Crippen molar-refractivity contribution in [2.45, 2.75) is 4.90 Å². The molecule has 0 aromatic heterocycles. The summed E-state index contributed by atoms with van der Waals surface area (Å²) >= 11 is 7.45. The molecule has 4 rings (SSSR count). The van der Waals surface area contributed by atoms with Gasteiger partial charge in [-0.1, -0.05) is 41.9 Å². The highest BCUT2D eigenvalue weighted by atomic mass is 35.5. The van der Waals surface area contributed by atoms with Crippen LogP contribution in [0.2, 0.25) is 5.02 Å². The van der Waals surface area contributed by atoms with Gasteiger partial charge >= 0.3 is 0 Å². The molecule has 0 heterocycles. The van der Waals surface area contributed by atoms with Gasteiger partial charge in [0.05, 0.1) is 25.7 Å². The minimum atomic E-state index is -0.507. The highest BCUT2D eigenvalue weighted by Gasteiger charge is 2.16. The van der Waals surface area contributed by atoms with Crippen molar-refractivity contribution in [3.8, 4) is 11.5 Å². The zero-order valence-corrected chi connectivity index (χ0v) is 24.4. The van der Waals surface area contributed by atoms with Gasteiger partial charge in [0.1, 0.15) is 17.2 Å². The second-order valence-electron chi connectivity index (χ2n) is 8.81. The Bertz CT molecular complexity index is 1590. The Balaban J connectivity index is 1.39. The van der Waals surface area contributed by atoms with E-state index in [1.54, 1.807) is 110 Å². The number of nitrogens with one attached hydrogen (secondary N) is 3. The third-order valence-electron chi connectivity index (χ3n) is 5.85. The lowest BCUT2D eigenvalue weighted by Gasteiger charge is -2.12. The zero-order valence-electron chi connectivity index (χ0n) is 22.8. The van der Waals surface area contributed by atoms with Gasteiger partial charge in [-0.15, -0.1) is 11.8 Å². The maximum absolute atomic E-state index is 13.2. The SMILES string of the molecule is COc1ccc(NC(=O)CSc2ccc(NC(=O)/C(=C/c3cccc(Cl)c3)NC(=O)c3ccccc3)cc2)c(OC)c1. The Morgan fingerprint density at radius 3 is 2.29 bits per heavy atom. The van der Waals surface area contributed by atoms with Crippen LogP contribution in [0.3, 0.4) is 0 Å². The van der Waals surface area contributed by atoms with Crippen molar-refractivity contribution in [1.82, 2.24) is 5.32 Å². The van der Waals surface area contributed by atoms with Crippen molar-refractivity contribution in [3.63, 3.8) is 0 Å². The maximum Gasteiger partial charge on any atom is 0.272 e. The summed E-state index contributed by atoms with van der Waals surface area (Å²) in [7, 11) is 3.08. The third-order valence-corrected chi connectivity index (χ3v) is 7.10. The molecule has 4 aromatic carbocycles. The maximum atomic E-state index is 13.2. The van der Waals surface area contributed by atoms with Crippen molar-refractivity contribution >= 4 is 58.5 Å². The number of thioether (sulfide) groups is 1. The molecule has 42 heavy (non-hydrogen) atoms. The van der Waals surface area contributed by atoms with Gasteiger partial charge in [-0.3, -0.25) is 14.4 Å². The molecule has 3 N–H and O–H groups in total. The molecular weight excluding hydrogens is 574 g/mol. The van der Waals surface area contributed by atoms with Gasteiger partial charge in [0.15, 0.2) is 0 Å². The number of anilines is 2. The Morgan fingerprint density at radius 1 is 0.833 bits per heavy atom. The van der Waals surface area contributed by atoms with E-state index >= 15 is 0 Å². The molecule has 0 bridgehead atoms. The molecule has 0 spiro atoms. The van der Waals surface area contributed by atoms with Crippen molar-refractivity contribution in [2.24, 2.45) is 0 Å². The summed E-state index contributed by atoms with van der Waals surface area (Å²) < 4.78 is 10.5. The summed E-state index contributed by atoms with van der Waals surface area (Å²) in [6.07, 6.45) is 1.56. The fraction of sp³-hybridized carbons (Fsp3) is 0.0938. The number of benzene rings is 4. The van der Waals surface area contributed by atoms with Crippen LogP contribution in [0.1, 0.15) is 15.9 Å². The fourth-order valence-electron chi connectivity index (χ4n) is 3.78. The van der Waals surface area contributed by atoms with E-state index in [1.807, 2.05) is 0 Å². The van der Waals surface area contributed by atoms with Crippen LogP contribution in [0.15, 0.2) is 108 Å². The first-order valence-corrected chi connectivity index (χ1v) is 14.1. The lowest BCUT2D eigenvalue weighted by molar-refractivity contribution is -0.114. The standard InChI is InChI=1S/C32H28ClN3O5S/c1-40-25-13-16-27(29(19-25)41-2)35-30(37)20-42-26-14-11-24(12-15-26)34-32(39)28(18-21-7-6-10-23(33)17-21)36-31(38)22-8-4-3-5-9-22/h3-19H,20H2,1-2H3,(H,34,39)(H,35,37)(H,36,38)/b28-18-. The van der Waals surface area contributed by atoms with Crippen molar-refractivity contribution < 1.29 is 23.9 Å². The van der Waals surface area contributed by atoms with E-state index in [0.717, 1.165) is 4.90 Å². The number of carbonyl (C=O) groups excluding carboxylic acids is 3. The Labute approximate surface area is 253 Å². The number of methoxy groups -OCH3 is 2. The molecular formula is C32H28ClN3O5S. The van der Waals surface area contributed by atoms with Gasteiger partial charge in [-0.2, -0.15) is 0 Å². The predicted molar refractivity (Wildman–Crippen MR) is 167 cm³/mol. The molecule has 8 nitrogen and oxygen atoms in total. The summed E-state index contributed by atoms with van der Waals surface area (Å²) in [6.45, 7) is 0. The molecule has 0 aliphatic carbocycles. The van der Waals surface area contributed by atoms with Crippen LogP contribution >= 0.6 is 23.4 Å². The lowest BCUT2D eigenvalue weighted by atomic mass is 10.1. The van der Waals surface area contributed by atoms with Gasteiger partial charge < -0.3 is 25.4 Å². The first kappa shape index (κ1) is 30.2. The molecule has 3 amide bonds. The Hall–Kier alpha value is -4.73. The van der Waals surface area contributed by atoms with Crippen LogP contribution in [0.25, 0.3) is 6.08 Å². The highest BCUT2D eigenvalue weighted by Crippen LogP contribution is 2.29. The quantitative estimate of drug-likeness (QED) is 0.134. The molecule has 0 aliphatic rings. The monoisotopic (exact) mass is 601 g/mol. The lowest BCUT2D eigenvalue weighted by Crippen LogP contribution is -2.30. The topological polar surface area (TPSA) is 106 Å². The van der Waals surface area contributed by atoms with E-state index in [1.165, 1.54) is 18.9 Å². The number of halogens is 1. The molecule has 0 unspecified atom stereocenters. The molecule has 214 valence electrons. The summed E-state index contributed by atoms with van der Waals surface area (Å²) in [6, 6.07) is 27.7. The number of amides is 3. The van der Waals surface area contributed by atoms with Crippen LogP contribution in [-0.4, -0.2) is 37.7 Å². The average Bonchev–Trinajstić information content (AvgIpc) is 3.01. The van der Waals surface area contributed by atoms with E-state index in [4.69, 9.17) is 21.1 Å². The van der Waals surface area contributed by atoms with Gasteiger partial charge in [-0.05, 0) is 72.3 Å². The number of rotatable bonds is 11. The molecule has 0 radical (unpaired) electrons. The smallest absolute Gasteiger partial charge is 0.272 e. The molecule has 0 aliphatic heterocycles. The summed E-state index contributed by atoms with van der Waals surface area (Å²) in [5, 5.41) is 8.86. The zero-order chi connectivity index (χ0) is 29.9. The summed E-state index contributed by atoms with van der Waals surface area (Å²) in [5.74, 6) is 0.155. The second kappa shape index (κ2) is 14.8. The molecule has 0 saturated carbocycles. The number of hydrogen-bond acceptors (Lipinski definition) is 6. The Kier molecular flexibility index (Phi) is 10.6. The summed E-state index contributed by atoms with van der Waals surface area (Å²) in [5.41, 5.74) is 2.18. The molecule has 0 saturated heterocycles. The second-order valence-corrected chi connectivity index (χ2v) is 10.3. The van der Waals surface area contributed by atoms with Gasteiger partial charge in [-0.25, -0.2) is 0 Å². The number of ether oxygens (including phenoxy) is 2. The van der Waals surface area contributed by atoms with Crippen LogP contribution in [0, 0.1) is 0 Å². The van der Waals surface area contributed by atoms with Crippen LogP contribution in [0.5, 0.6) is 11.5 Å². The van der Waals surface area contributed by atoms with Gasteiger partial charge in [0.2, 0.25) is 5.91 Å². The van der Waals surface area contributed by atoms with Gasteiger partial charge in [0, 0.05) is 27.2 Å². The van der Waals surface area contributed by atoms with Crippen molar-refractivity contribution in [2.75, 3.05) is 30.6 Å². The average molecular weight is 602 g/mol. The van der Waals surface area contributed by atoms with Gasteiger partial charge in [0.25, 0.3) is 11.8 Å². The third kappa shape index (κ3) is 8.63. The minimum absolute atomic E-state index is 0.0511. The Morgan fingerprint density at radius 2 is 1.60 bits per heavy atom. The van der Waals surface area contributed by atoms with E-state index < -0.39 is 11.8 Å². The van der Waals surface area contributed by atoms with E-state index in [-0.39, 0.29) is 17.4 Å². The van der Waals surface area contributed by atoms with E-state index in [2.05, 4.69) is 16.0 Å². The normalized spacial score (nSPS) is 10.9. The summed E-state index contributed by atoms with van der Waals surface area (Å²) in [4.78, 5) is 39.4. The largest absolute Gasteiger partial charge is 0.497 e. The highest BCUT2D eigenvalue weighted by molar-refractivity contribution is 8.00. The predicted octanol–water partition coefficient (Wildman–Crippen LogP) is 6.50. The van der Waals surface area contributed by atoms with E-state index in [0.29, 0.717) is 39.0 Å². The van der Waals surface area contributed by atoms with Crippen LogP contribution in [-0.2, 0) is 9.59 Å². The molecule has 10 heteroatoms. The molecule has 0 atom stereocenters. The van der Waals surface area contributed by atoms with Crippen LogP contribution in [0.4, 0.5) is 11.4 Å².